The molecule has 0 unspecified atom stereocenters. The van der Waals surface area contributed by atoms with Gasteiger partial charge in [0.2, 0.25) is 11.4 Å². The Morgan fingerprint density at radius 1 is 0.964 bits per heavy atom. The number of benzene rings is 1. The molecule has 0 amide bonds. The molecule has 0 N–H and O–H groups in total. The number of fused-ring (bicyclic) bond motifs is 3. The summed E-state index contributed by atoms with van der Waals surface area (Å²) in [4.78, 5) is 4.61. The quantitative estimate of drug-likeness (QED) is 0.393. The van der Waals surface area contributed by atoms with Crippen molar-refractivity contribution in [3.8, 4) is 11.3 Å². The Hall–Kier alpha value is -2.68. The number of hydrogen-bond acceptors (Lipinski definition) is 2. The standard InChI is InChI=1S/C25H29N2O/c1-7-18(8-2)21-13-22(27(6)14-16(21)4)23-15(3)9-11-19-20-12-10-17(5)26-25(20)28-24(19)23/h9-14,18H,7-8H2,1-6H3/q+1. The van der Waals surface area contributed by atoms with Gasteiger partial charge >= 0.3 is 0 Å². The van der Waals surface area contributed by atoms with Gasteiger partial charge in [0.25, 0.3) is 0 Å². The second kappa shape index (κ2) is 7.05. The highest BCUT2D eigenvalue weighted by atomic mass is 16.3. The molecule has 3 aromatic heterocycles. The monoisotopic (exact) mass is 373 g/mol. The lowest BCUT2D eigenvalue weighted by atomic mass is 9.89. The summed E-state index contributed by atoms with van der Waals surface area (Å²) >= 11 is 0. The third kappa shape index (κ3) is 2.90. The van der Waals surface area contributed by atoms with Crippen LogP contribution in [-0.2, 0) is 7.05 Å². The summed E-state index contributed by atoms with van der Waals surface area (Å²) in [6.45, 7) is 10.9. The number of hydrogen-bond donors (Lipinski definition) is 0. The molecule has 0 aliphatic carbocycles. The van der Waals surface area contributed by atoms with Crippen molar-refractivity contribution in [2.24, 2.45) is 7.05 Å². The van der Waals surface area contributed by atoms with E-state index in [1.54, 1.807) is 0 Å². The first-order valence-corrected chi connectivity index (χ1v) is 10.2. The topological polar surface area (TPSA) is 29.9 Å². The summed E-state index contributed by atoms with van der Waals surface area (Å²) in [6, 6.07) is 10.9. The number of rotatable bonds is 4. The van der Waals surface area contributed by atoms with E-state index in [1.807, 2.05) is 13.0 Å². The van der Waals surface area contributed by atoms with Crippen LogP contribution in [-0.4, -0.2) is 4.98 Å². The lowest BCUT2D eigenvalue weighted by Crippen LogP contribution is -2.32. The van der Waals surface area contributed by atoms with Crippen LogP contribution in [0.25, 0.3) is 33.3 Å². The summed E-state index contributed by atoms with van der Waals surface area (Å²) in [5.74, 6) is 0.583. The minimum Gasteiger partial charge on any atom is -0.437 e. The van der Waals surface area contributed by atoms with Gasteiger partial charge < -0.3 is 4.42 Å². The molecular formula is C25H29N2O+. The van der Waals surface area contributed by atoms with E-state index in [2.05, 4.69) is 74.8 Å². The lowest BCUT2D eigenvalue weighted by molar-refractivity contribution is -0.660. The average molecular weight is 374 g/mol. The van der Waals surface area contributed by atoms with Gasteiger partial charge in [0.15, 0.2) is 11.8 Å². The predicted molar refractivity (Wildman–Crippen MR) is 116 cm³/mol. The van der Waals surface area contributed by atoms with E-state index in [1.165, 1.54) is 27.9 Å². The maximum absolute atomic E-state index is 6.31. The zero-order valence-corrected chi connectivity index (χ0v) is 17.8. The van der Waals surface area contributed by atoms with Crippen LogP contribution >= 0.6 is 0 Å². The van der Waals surface area contributed by atoms with E-state index < -0.39 is 0 Å². The molecule has 0 radical (unpaired) electrons. The molecule has 0 bridgehead atoms. The summed E-state index contributed by atoms with van der Waals surface area (Å²) in [5.41, 5.74) is 9.01. The van der Waals surface area contributed by atoms with Crippen LogP contribution in [0, 0.1) is 20.8 Å². The maximum atomic E-state index is 6.31. The third-order valence-electron chi connectivity index (χ3n) is 6.05. The van der Waals surface area contributed by atoms with Crippen LogP contribution in [0.2, 0.25) is 0 Å². The van der Waals surface area contributed by atoms with Crippen molar-refractivity contribution in [2.75, 3.05) is 0 Å². The highest BCUT2D eigenvalue weighted by Crippen LogP contribution is 2.37. The molecule has 3 nitrogen and oxygen atoms in total. The van der Waals surface area contributed by atoms with Crippen molar-refractivity contribution in [2.45, 2.75) is 53.4 Å². The first-order chi connectivity index (χ1) is 13.4. The molecule has 1 aromatic carbocycles. The molecule has 28 heavy (non-hydrogen) atoms. The van der Waals surface area contributed by atoms with E-state index in [0.717, 1.165) is 40.6 Å². The highest BCUT2D eigenvalue weighted by molar-refractivity contribution is 6.08. The molecule has 4 aromatic rings. The van der Waals surface area contributed by atoms with Crippen LogP contribution in [0.5, 0.6) is 0 Å². The van der Waals surface area contributed by atoms with Gasteiger partial charge in [-0.15, -0.1) is 0 Å². The second-order valence-corrected chi connectivity index (χ2v) is 7.96. The van der Waals surface area contributed by atoms with Crippen molar-refractivity contribution in [3.63, 3.8) is 0 Å². The first kappa shape index (κ1) is 18.7. The van der Waals surface area contributed by atoms with Crippen LogP contribution in [0.4, 0.5) is 0 Å². The first-order valence-electron chi connectivity index (χ1n) is 10.2. The molecular weight excluding hydrogens is 344 g/mol. The average Bonchev–Trinajstić information content (AvgIpc) is 3.02. The van der Waals surface area contributed by atoms with E-state index in [0.29, 0.717) is 5.92 Å². The minimum absolute atomic E-state index is 0.583. The summed E-state index contributed by atoms with van der Waals surface area (Å²) in [6.07, 6.45) is 4.56. The largest absolute Gasteiger partial charge is 0.437 e. The van der Waals surface area contributed by atoms with Gasteiger partial charge in [-0.05, 0) is 62.8 Å². The van der Waals surface area contributed by atoms with E-state index in [-0.39, 0.29) is 0 Å². The fourth-order valence-electron chi connectivity index (χ4n) is 4.44. The number of aryl methyl sites for hydroxylation is 4. The number of furan rings is 1. The fraction of sp³-hybridized carbons (Fsp3) is 0.360. The van der Waals surface area contributed by atoms with Gasteiger partial charge in [0.1, 0.15) is 7.05 Å². The molecule has 0 spiro atoms. The Labute approximate surface area is 167 Å². The fourth-order valence-corrected chi connectivity index (χ4v) is 4.44. The van der Waals surface area contributed by atoms with Crippen LogP contribution < -0.4 is 4.57 Å². The van der Waals surface area contributed by atoms with Crippen molar-refractivity contribution < 1.29 is 8.98 Å². The molecule has 0 saturated heterocycles. The lowest BCUT2D eigenvalue weighted by Gasteiger charge is -2.16. The van der Waals surface area contributed by atoms with Crippen molar-refractivity contribution in [1.82, 2.24) is 4.98 Å². The zero-order valence-electron chi connectivity index (χ0n) is 17.8. The van der Waals surface area contributed by atoms with Crippen LogP contribution in [0.1, 0.15) is 55.0 Å². The Bertz CT molecular complexity index is 1180. The summed E-state index contributed by atoms with van der Waals surface area (Å²) in [5, 5.41) is 2.21. The van der Waals surface area contributed by atoms with Crippen molar-refractivity contribution in [3.05, 3.63) is 58.9 Å². The molecule has 4 rings (SSSR count). The van der Waals surface area contributed by atoms with Gasteiger partial charge in [-0.2, -0.15) is 0 Å². The van der Waals surface area contributed by atoms with E-state index in [4.69, 9.17) is 4.42 Å². The Morgan fingerprint density at radius 3 is 2.39 bits per heavy atom. The van der Waals surface area contributed by atoms with Gasteiger partial charge in [-0.25, -0.2) is 9.55 Å². The number of aromatic nitrogens is 2. The zero-order chi connectivity index (χ0) is 20.0. The van der Waals surface area contributed by atoms with Gasteiger partial charge in [0, 0.05) is 28.1 Å². The smallest absolute Gasteiger partial charge is 0.227 e. The summed E-state index contributed by atoms with van der Waals surface area (Å²) < 4.78 is 8.54. The molecule has 3 heterocycles. The minimum atomic E-state index is 0.583. The SMILES string of the molecule is CCC(CC)c1cc(-c2c(C)ccc3c2oc2nc(C)ccc23)[n+](C)cc1C. The maximum Gasteiger partial charge on any atom is 0.227 e. The van der Waals surface area contributed by atoms with Crippen molar-refractivity contribution >= 4 is 22.1 Å². The number of nitrogens with zero attached hydrogens (tertiary/aromatic N) is 2. The van der Waals surface area contributed by atoms with Gasteiger partial charge in [-0.1, -0.05) is 26.0 Å². The van der Waals surface area contributed by atoms with E-state index >= 15 is 0 Å². The molecule has 0 fully saturated rings. The molecule has 3 heteroatoms. The van der Waals surface area contributed by atoms with Crippen LogP contribution in [0.3, 0.4) is 0 Å². The van der Waals surface area contributed by atoms with Crippen LogP contribution in [0.15, 0.2) is 40.9 Å². The molecule has 0 aliphatic heterocycles. The number of pyridine rings is 2. The van der Waals surface area contributed by atoms with E-state index in [9.17, 15) is 0 Å². The molecule has 0 atom stereocenters. The Kier molecular flexibility index (Phi) is 4.70. The molecule has 0 saturated carbocycles. The molecule has 0 aliphatic rings. The molecule has 144 valence electrons. The Morgan fingerprint density at radius 2 is 1.68 bits per heavy atom. The Balaban J connectivity index is 2.05. The normalized spacial score (nSPS) is 11.8. The van der Waals surface area contributed by atoms with Gasteiger partial charge in [0.05, 0.1) is 5.56 Å². The highest BCUT2D eigenvalue weighted by Gasteiger charge is 2.24. The summed E-state index contributed by atoms with van der Waals surface area (Å²) in [7, 11) is 2.13. The van der Waals surface area contributed by atoms with Crippen molar-refractivity contribution in [1.29, 1.82) is 0 Å². The predicted octanol–water partition coefficient (Wildman–Crippen LogP) is 6.30. The third-order valence-corrected chi connectivity index (χ3v) is 6.05. The van der Waals surface area contributed by atoms with Gasteiger partial charge in [-0.3, -0.25) is 0 Å². The second-order valence-electron chi connectivity index (χ2n) is 7.96.